The van der Waals surface area contributed by atoms with Crippen LogP contribution in [0.5, 0.6) is 0 Å². The summed E-state index contributed by atoms with van der Waals surface area (Å²) in [7, 11) is 3.48. The standard InChI is InChI=1S/C17H17NO2/c1-11-7-6-10-14-15(11)12-8-4-5-9-13(12)16(20-14)17(19)18(2)3/h4-10,14H,1-3H3. The Hall–Kier alpha value is -2.29. The van der Waals surface area contributed by atoms with E-state index in [9.17, 15) is 4.79 Å². The number of nitrogens with zero attached hydrogens (tertiary/aromatic N) is 1. The first-order valence-corrected chi connectivity index (χ1v) is 6.67. The quantitative estimate of drug-likeness (QED) is 0.758. The molecule has 0 radical (unpaired) electrons. The van der Waals surface area contributed by atoms with E-state index >= 15 is 0 Å². The summed E-state index contributed by atoms with van der Waals surface area (Å²) < 4.78 is 5.97. The average molecular weight is 267 g/mol. The van der Waals surface area contributed by atoms with Crippen LogP contribution < -0.4 is 10.4 Å². The Labute approximate surface area is 118 Å². The summed E-state index contributed by atoms with van der Waals surface area (Å²) in [5, 5.41) is 1.97. The molecule has 1 heterocycles. The summed E-state index contributed by atoms with van der Waals surface area (Å²) in [6.07, 6.45) is 5.87. The van der Waals surface area contributed by atoms with Crippen molar-refractivity contribution >= 4 is 17.2 Å². The highest BCUT2D eigenvalue weighted by atomic mass is 16.5. The van der Waals surface area contributed by atoms with E-state index < -0.39 is 0 Å². The highest BCUT2D eigenvalue weighted by Crippen LogP contribution is 2.26. The van der Waals surface area contributed by atoms with Gasteiger partial charge in [0.25, 0.3) is 5.91 Å². The second-order valence-corrected chi connectivity index (χ2v) is 5.26. The zero-order chi connectivity index (χ0) is 14.3. The van der Waals surface area contributed by atoms with Crippen LogP contribution in [0.1, 0.15) is 6.92 Å². The van der Waals surface area contributed by atoms with Crippen LogP contribution in [0, 0.1) is 0 Å². The fourth-order valence-corrected chi connectivity index (χ4v) is 2.65. The van der Waals surface area contributed by atoms with Gasteiger partial charge in [0.1, 0.15) is 6.10 Å². The normalized spacial score (nSPS) is 19.8. The van der Waals surface area contributed by atoms with E-state index in [-0.39, 0.29) is 12.0 Å². The summed E-state index contributed by atoms with van der Waals surface area (Å²) in [6, 6.07) is 7.93. The summed E-state index contributed by atoms with van der Waals surface area (Å²) in [5.41, 5.74) is 2.33. The maximum absolute atomic E-state index is 12.3. The summed E-state index contributed by atoms with van der Waals surface area (Å²) in [6.45, 7) is 2.07. The fraction of sp³-hybridized carbons (Fsp3) is 0.235. The first kappa shape index (κ1) is 12.7. The molecular weight excluding hydrogens is 250 g/mol. The highest BCUT2D eigenvalue weighted by molar-refractivity contribution is 6.10. The molecule has 102 valence electrons. The Kier molecular flexibility index (Phi) is 2.97. The van der Waals surface area contributed by atoms with Gasteiger partial charge in [-0.2, -0.15) is 0 Å². The van der Waals surface area contributed by atoms with E-state index in [1.165, 1.54) is 5.57 Å². The Morgan fingerprint density at radius 1 is 1.20 bits per heavy atom. The fourth-order valence-electron chi connectivity index (χ4n) is 2.65. The third kappa shape index (κ3) is 1.86. The maximum atomic E-state index is 12.3. The Morgan fingerprint density at radius 3 is 2.60 bits per heavy atom. The largest absolute Gasteiger partial charge is 0.475 e. The van der Waals surface area contributed by atoms with Crippen molar-refractivity contribution in [1.82, 2.24) is 4.90 Å². The lowest BCUT2D eigenvalue weighted by atomic mass is 9.92. The maximum Gasteiger partial charge on any atom is 0.289 e. The minimum Gasteiger partial charge on any atom is -0.475 e. The number of ether oxygens (including phenoxy) is 1. The molecule has 0 saturated carbocycles. The van der Waals surface area contributed by atoms with Crippen LogP contribution in [0.4, 0.5) is 0 Å². The molecule has 20 heavy (non-hydrogen) atoms. The van der Waals surface area contributed by atoms with Crippen molar-refractivity contribution in [3.63, 3.8) is 0 Å². The van der Waals surface area contributed by atoms with Crippen LogP contribution in [0.2, 0.25) is 0 Å². The zero-order valence-corrected chi connectivity index (χ0v) is 11.9. The van der Waals surface area contributed by atoms with Gasteiger partial charge in [-0.15, -0.1) is 0 Å². The van der Waals surface area contributed by atoms with Crippen LogP contribution in [-0.2, 0) is 9.53 Å². The van der Waals surface area contributed by atoms with Crippen molar-refractivity contribution in [1.29, 1.82) is 0 Å². The number of hydrogen-bond acceptors (Lipinski definition) is 2. The Balaban J connectivity index is 2.38. The lowest BCUT2D eigenvalue weighted by Gasteiger charge is -2.28. The lowest BCUT2D eigenvalue weighted by Crippen LogP contribution is -2.43. The molecule has 3 rings (SSSR count). The van der Waals surface area contributed by atoms with Gasteiger partial charge in [0.15, 0.2) is 5.76 Å². The predicted molar refractivity (Wildman–Crippen MR) is 79.0 cm³/mol. The molecule has 0 N–H and O–H groups in total. The van der Waals surface area contributed by atoms with Crippen LogP contribution in [0.15, 0.2) is 48.1 Å². The first-order valence-electron chi connectivity index (χ1n) is 6.67. The van der Waals surface area contributed by atoms with Crippen LogP contribution in [0.3, 0.4) is 0 Å². The van der Waals surface area contributed by atoms with E-state index in [0.717, 1.165) is 16.0 Å². The van der Waals surface area contributed by atoms with E-state index in [4.69, 9.17) is 4.74 Å². The van der Waals surface area contributed by atoms with E-state index in [0.29, 0.717) is 5.76 Å². The topological polar surface area (TPSA) is 29.5 Å². The van der Waals surface area contributed by atoms with Crippen molar-refractivity contribution in [3.8, 4) is 0 Å². The van der Waals surface area contributed by atoms with Crippen LogP contribution in [0.25, 0.3) is 11.3 Å². The van der Waals surface area contributed by atoms with Crippen molar-refractivity contribution in [3.05, 3.63) is 58.5 Å². The van der Waals surface area contributed by atoms with E-state index in [1.807, 2.05) is 30.4 Å². The Morgan fingerprint density at radius 2 is 1.90 bits per heavy atom. The van der Waals surface area contributed by atoms with Gasteiger partial charge in [0, 0.05) is 24.9 Å². The number of allylic oxidation sites excluding steroid dienone is 2. The molecular formula is C17H17NO2. The number of hydrogen-bond donors (Lipinski definition) is 0. The monoisotopic (exact) mass is 267 g/mol. The molecule has 1 aromatic rings. The number of likely N-dealkylation sites (N-methyl/N-ethyl adjacent to an activating group) is 1. The molecule has 2 aliphatic rings. The number of benzene rings is 1. The number of fused-ring (bicyclic) bond motifs is 2. The molecule has 0 fully saturated rings. The first-order chi connectivity index (χ1) is 9.59. The molecule has 0 aromatic heterocycles. The average Bonchev–Trinajstić information content (AvgIpc) is 2.45. The molecule has 1 amide bonds. The van der Waals surface area contributed by atoms with Crippen LogP contribution >= 0.6 is 0 Å². The van der Waals surface area contributed by atoms with Gasteiger partial charge in [0.2, 0.25) is 0 Å². The minimum absolute atomic E-state index is 0.0999. The van der Waals surface area contributed by atoms with Gasteiger partial charge >= 0.3 is 0 Å². The van der Waals surface area contributed by atoms with Crippen molar-refractivity contribution in [2.24, 2.45) is 0 Å². The second kappa shape index (κ2) is 4.67. The van der Waals surface area contributed by atoms with E-state index in [2.05, 4.69) is 19.1 Å². The van der Waals surface area contributed by atoms with Gasteiger partial charge in [0.05, 0.1) is 0 Å². The molecule has 1 aliphatic heterocycles. The Bertz CT molecular complexity index is 753. The second-order valence-electron chi connectivity index (χ2n) is 5.26. The van der Waals surface area contributed by atoms with E-state index in [1.54, 1.807) is 19.0 Å². The number of carbonyl (C=O) groups excluding carboxylic acids is 1. The summed E-state index contributed by atoms with van der Waals surface area (Å²) in [5.74, 6) is 0.329. The molecule has 0 saturated heterocycles. The molecule has 3 nitrogen and oxygen atoms in total. The molecule has 1 aliphatic carbocycles. The van der Waals surface area contributed by atoms with Crippen molar-refractivity contribution < 1.29 is 9.53 Å². The molecule has 3 heteroatoms. The number of carbonyl (C=O) groups is 1. The molecule has 1 aromatic carbocycles. The van der Waals surface area contributed by atoms with Crippen molar-refractivity contribution in [2.75, 3.05) is 14.1 Å². The molecule has 0 spiro atoms. The van der Waals surface area contributed by atoms with Crippen LogP contribution in [-0.4, -0.2) is 31.0 Å². The lowest BCUT2D eigenvalue weighted by molar-refractivity contribution is -0.125. The van der Waals surface area contributed by atoms with Gasteiger partial charge in [-0.25, -0.2) is 0 Å². The summed E-state index contributed by atoms with van der Waals surface area (Å²) >= 11 is 0. The van der Waals surface area contributed by atoms with Gasteiger partial charge in [-0.1, -0.05) is 36.4 Å². The minimum atomic E-state index is -0.172. The molecule has 0 bridgehead atoms. The summed E-state index contributed by atoms with van der Waals surface area (Å²) in [4.78, 5) is 13.9. The van der Waals surface area contributed by atoms with Crippen molar-refractivity contribution in [2.45, 2.75) is 13.0 Å². The zero-order valence-electron chi connectivity index (χ0n) is 11.9. The third-order valence-corrected chi connectivity index (χ3v) is 3.65. The third-order valence-electron chi connectivity index (χ3n) is 3.65. The number of amides is 1. The SMILES string of the molecule is CC1=CC=CC2OC(C(=O)N(C)C)=c3ccccc3=C12. The smallest absolute Gasteiger partial charge is 0.289 e. The van der Waals surface area contributed by atoms with Gasteiger partial charge in [-0.05, 0) is 23.8 Å². The predicted octanol–water partition coefficient (Wildman–Crippen LogP) is 0.949. The van der Waals surface area contributed by atoms with Gasteiger partial charge in [-0.3, -0.25) is 4.79 Å². The molecule has 1 atom stereocenters. The highest BCUT2D eigenvalue weighted by Gasteiger charge is 2.27. The van der Waals surface area contributed by atoms with Gasteiger partial charge < -0.3 is 9.64 Å². The molecule has 1 unspecified atom stereocenters. The number of rotatable bonds is 1.